The zero-order chi connectivity index (χ0) is 18.2. The van der Waals surface area contributed by atoms with Crippen molar-refractivity contribution in [3.05, 3.63) is 29.3 Å². The molecule has 1 N–H and O–H groups in total. The second kappa shape index (κ2) is 6.58. The van der Waals surface area contributed by atoms with Crippen LogP contribution >= 0.6 is 11.6 Å². The van der Waals surface area contributed by atoms with E-state index in [4.69, 9.17) is 11.6 Å². The Bertz CT molecular complexity index is 771. The molecule has 1 fully saturated rings. The van der Waals surface area contributed by atoms with Crippen LogP contribution in [0.4, 0.5) is 23.7 Å². The van der Waals surface area contributed by atoms with E-state index in [1.807, 2.05) is 0 Å². The van der Waals surface area contributed by atoms with E-state index in [-0.39, 0.29) is 18.3 Å². The molecule has 1 saturated heterocycles. The molecule has 0 bridgehead atoms. The highest BCUT2D eigenvalue weighted by Crippen LogP contribution is 2.35. The lowest BCUT2D eigenvalue weighted by Crippen LogP contribution is -2.34. The normalized spacial score (nSPS) is 18.0. The smallest absolute Gasteiger partial charge is 0.322 e. The molecule has 3 heterocycles. The first-order valence-electron chi connectivity index (χ1n) is 7.68. The van der Waals surface area contributed by atoms with E-state index in [0.29, 0.717) is 24.5 Å². The summed E-state index contributed by atoms with van der Waals surface area (Å²) in [5.41, 5.74) is -1.30. The summed E-state index contributed by atoms with van der Waals surface area (Å²) in [6.07, 6.45) is 0.213. The van der Waals surface area contributed by atoms with Gasteiger partial charge in [0, 0.05) is 25.8 Å². The molecule has 136 valence electrons. The highest BCUT2D eigenvalue weighted by Gasteiger charge is 2.39. The first kappa shape index (κ1) is 17.6. The SMILES string of the molecule is CCn1ncc(NC(=O)N2CCC(n3cc(Cl)cn3)C2)c1C(F)(F)F. The lowest BCUT2D eigenvalue weighted by Gasteiger charge is -2.18. The summed E-state index contributed by atoms with van der Waals surface area (Å²) in [6.45, 7) is 2.36. The minimum absolute atomic E-state index is 0.0521. The fourth-order valence-corrected chi connectivity index (χ4v) is 3.01. The number of likely N-dealkylation sites (tertiary alicyclic amines) is 1. The van der Waals surface area contributed by atoms with Crippen LogP contribution in [0.1, 0.15) is 25.1 Å². The molecule has 0 spiro atoms. The molecule has 0 saturated carbocycles. The lowest BCUT2D eigenvalue weighted by atomic mass is 10.3. The van der Waals surface area contributed by atoms with E-state index < -0.39 is 17.9 Å². The molecule has 0 aliphatic carbocycles. The highest BCUT2D eigenvalue weighted by molar-refractivity contribution is 6.30. The number of alkyl halides is 3. The third-order valence-corrected chi connectivity index (χ3v) is 4.24. The van der Waals surface area contributed by atoms with Crippen molar-refractivity contribution in [1.82, 2.24) is 24.5 Å². The molecule has 1 unspecified atom stereocenters. The van der Waals surface area contributed by atoms with E-state index in [9.17, 15) is 18.0 Å². The molecule has 2 aromatic heterocycles. The molecular weight excluding hydrogens is 361 g/mol. The Labute approximate surface area is 146 Å². The van der Waals surface area contributed by atoms with Gasteiger partial charge in [-0.05, 0) is 13.3 Å². The summed E-state index contributed by atoms with van der Waals surface area (Å²) in [6, 6.07) is -0.652. The molecule has 0 radical (unpaired) electrons. The maximum absolute atomic E-state index is 13.2. The Hall–Kier alpha value is -2.23. The number of rotatable bonds is 3. The molecule has 25 heavy (non-hydrogen) atoms. The van der Waals surface area contributed by atoms with E-state index in [2.05, 4.69) is 15.5 Å². The molecule has 1 aliphatic rings. The second-order valence-electron chi connectivity index (χ2n) is 5.68. The van der Waals surface area contributed by atoms with E-state index in [1.54, 1.807) is 17.8 Å². The number of nitrogens with zero attached hydrogens (tertiary/aromatic N) is 5. The lowest BCUT2D eigenvalue weighted by molar-refractivity contribution is -0.143. The van der Waals surface area contributed by atoms with Crippen LogP contribution in [0.5, 0.6) is 0 Å². The Kier molecular flexibility index (Phi) is 4.63. The van der Waals surface area contributed by atoms with Crippen molar-refractivity contribution in [2.24, 2.45) is 0 Å². The number of carbonyl (C=O) groups excluding carboxylic acids is 1. The topological polar surface area (TPSA) is 68.0 Å². The number of halogens is 4. The van der Waals surface area contributed by atoms with Crippen LogP contribution in [0.25, 0.3) is 0 Å². The summed E-state index contributed by atoms with van der Waals surface area (Å²) >= 11 is 5.83. The third-order valence-electron chi connectivity index (χ3n) is 4.04. The largest absolute Gasteiger partial charge is 0.435 e. The number of nitrogens with one attached hydrogen (secondary N) is 1. The molecule has 3 rings (SSSR count). The minimum atomic E-state index is -4.60. The molecule has 0 aromatic carbocycles. The molecule has 1 atom stereocenters. The number of aromatic nitrogens is 4. The summed E-state index contributed by atoms with van der Waals surface area (Å²) < 4.78 is 42.1. The average molecular weight is 377 g/mol. The van der Waals surface area contributed by atoms with Gasteiger partial charge >= 0.3 is 12.2 Å². The van der Waals surface area contributed by atoms with Gasteiger partial charge in [0.15, 0.2) is 5.69 Å². The van der Waals surface area contributed by atoms with Crippen molar-refractivity contribution in [1.29, 1.82) is 0 Å². The number of carbonyl (C=O) groups is 1. The number of amides is 2. The van der Waals surface area contributed by atoms with Crippen LogP contribution < -0.4 is 5.32 Å². The number of anilines is 1. The van der Waals surface area contributed by atoms with Crippen LogP contribution in [-0.2, 0) is 12.7 Å². The van der Waals surface area contributed by atoms with Crippen molar-refractivity contribution in [3.8, 4) is 0 Å². The molecule has 11 heteroatoms. The van der Waals surface area contributed by atoms with Crippen molar-refractivity contribution in [2.45, 2.75) is 32.1 Å². The van der Waals surface area contributed by atoms with Crippen molar-refractivity contribution in [2.75, 3.05) is 18.4 Å². The van der Waals surface area contributed by atoms with Crippen LogP contribution in [-0.4, -0.2) is 43.6 Å². The number of aryl methyl sites for hydroxylation is 1. The van der Waals surface area contributed by atoms with Crippen molar-refractivity contribution >= 4 is 23.3 Å². The first-order valence-corrected chi connectivity index (χ1v) is 8.06. The number of hydrogen-bond acceptors (Lipinski definition) is 3. The minimum Gasteiger partial charge on any atom is -0.322 e. The van der Waals surface area contributed by atoms with Crippen LogP contribution in [0.2, 0.25) is 5.02 Å². The van der Waals surface area contributed by atoms with Gasteiger partial charge in [0.05, 0.1) is 29.1 Å². The zero-order valence-electron chi connectivity index (χ0n) is 13.3. The third kappa shape index (κ3) is 3.58. The van der Waals surface area contributed by atoms with Gasteiger partial charge < -0.3 is 10.2 Å². The molecule has 2 aromatic rings. The summed E-state index contributed by atoms with van der Waals surface area (Å²) in [7, 11) is 0. The number of urea groups is 1. The van der Waals surface area contributed by atoms with Gasteiger partial charge in [0.1, 0.15) is 0 Å². The average Bonchev–Trinajstić information content (AvgIpc) is 3.24. The predicted octanol–water partition coefficient (Wildman–Crippen LogP) is 3.25. The summed E-state index contributed by atoms with van der Waals surface area (Å²) in [5, 5.41) is 10.6. The molecular formula is C14H16ClF3N6O. The fourth-order valence-electron chi connectivity index (χ4n) is 2.87. The van der Waals surface area contributed by atoms with Gasteiger partial charge in [-0.1, -0.05) is 11.6 Å². The van der Waals surface area contributed by atoms with Gasteiger partial charge in [-0.25, -0.2) is 4.79 Å². The maximum Gasteiger partial charge on any atom is 0.435 e. The van der Waals surface area contributed by atoms with E-state index in [1.165, 1.54) is 11.1 Å². The van der Waals surface area contributed by atoms with Gasteiger partial charge in [0.2, 0.25) is 0 Å². The summed E-state index contributed by atoms with van der Waals surface area (Å²) in [4.78, 5) is 13.8. The second-order valence-corrected chi connectivity index (χ2v) is 6.11. The number of hydrogen-bond donors (Lipinski definition) is 1. The van der Waals surface area contributed by atoms with Gasteiger partial charge in [-0.2, -0.15) is 23.4 Å². The molecule has 2 amide bonds. The van der Waals surface area contributed by atoms with Crippen molar-refractivity contribution < 1.29 is 18.0 Å². The standard InChI is InChI=1S/C14H16ClF3N6O/c1-2-23-12(14(16,17)18)11(6-20-23)21-13(25)22-4-3-10(8-22)24-7-9(15)5-19-24/h5-7,10H,2-4,8H2,1H3,(H,21,25). The van der Waals surface area contributed by atoms with E-state index in [0.717, 1.165) is 10.9 Å². The monoisotopic (exact) mass is 376 g/mol. The molecule has 7 nitrogen and oxygen atoms in total. The quantitative estimate of drug-likeness (QED) is 0.894. The highest BCUT2D eigenvalue weighted by atomic mass is 35.5. The van der Waals surface area contributed by atoms with Crippen molar-refractivity contribution in [3.63, 3.8) is 0 Å². The molecule has 1 aliphatic heterocycles. The fraction of sp³-hybridized carbons (Fsp3) is 0.500. The van der Waals surface area contributed by atoms with Gasteiger partial charge in [-0.15, -0.1) is 0 Å². The van der Waals surface area contributed by atoms with Crippen LogP contribution in [0.15, 0.2) is 18.6 Å². The van der Waals surface area contributed by atoms with E-state index >= 15 is 0 Å². The Morgan fingerprint density at radius 1 is 1.40 bits per heavy atom. The maximum atomic E-state index is 13.2. The summed E-state index contributed by atoms with van der Waals surface area (Å²) in [5.74, 6) is 0. The van der Waals surface area contributed by atoms with Crippen LogP contribution in [0, 0.1) is 0 Å². The Morgan fingerprint density at radius 3 is 2.76 bits per heavy atom. The predicted molar refractivity (Wildman–Crippen MR) is 84.4 cm³/mol. The van der Waals surface area contributed by atoms with Gasteiger partial charge in [0.25, 0.3) is 0 Å². The van der Waals surface area contributed by atoms with Gasteiger partial charge in [-0.3, -0.25) is 9.36 Å². The first-order chi connectivity index (χ1) is 11.8. The van der Waals surface area contributed by atoms with Crippen LogP contribution in [0.3, 0.4) is 0 Å². The Morgan fingerprint density at radius 2 is 2.16 bits per heavy atom. The Balaban J connectivity index is 1.70. The zero-order valence-corrected chi connectivity index (χ0v) is 14.0.